The van der Waals surface area contributed by atoms with Gasteiger partial charge in [0.1, 0.15) is 5.75 Å². The first-order chi connectivity index (χ1) is 12.9. The minimum Gasteiger partial charge on any atom is -0.427 e. The summed E-state index contributed by atoms with van der Waals surface area (Å²) in [6, 6.07) is 6.91. The standard InChI is InChI=1S/C23H31NO3/c1-15(25)27-18-7-6-17-10-21-20-12-22(2,3)26-14-23(20,19(17)11-18)8-9-24(21)13-16-4-5-16/h6-7,11,16,20-21H,4-5,8-10,12-14H2,1-3H3/t20-,21+,23+/m0/s1. The van der Waals surface area contributed by atoms with Gasteiger partial charge < -0.3 is 9.47 Å². The molecule has 2 aliphatic heterocycles. The van der Waals surface area contributed by atoms with Crippen molar-refractivity contribution < 1.29 is 14.3 Å². The van der Waals surface area contributed by atoms with Crippen LogP contribution in [0.25, 0.3) is 0 Å². The van der Waals surface area contributed by atoms with Gasteiger partial charge in [-0.15, -0.1) is 0 Å². The fourth-order valence-corrected chi connectivity index (χ4v) is 5.93. The molecular weight excluding hydrogens is 338 g/mol. The van der Waals surface area contributed by atoms with Crippen LogP contribution in [0.3, 0.4) is 0 Å². The number of ether oxygens (including phenoxy) is 2. The number of rotatable bonds is 3. The van der Waals surface area contributed by atoms with Crippen LogP contribution in [-0.4, -0.2) is 42.2 Å². The zero-order valence-corrected chi connectivity index (χ0v) is 16.8. The second-order valence-corrected chi connectivity index (χ2v) is 9.89. The number of carbonyl (C=O) groups is 1. The molecule has 3 atom stereocenters. The molecule has 0 spiro atoms. The smallest absolute Gasteiger partial charge is 0.308 e. The highest BCUT2D eigenvalue weighted by Crippen LogP contribution is 2.55. The zero-order chi connectivity index (χ0) is 18.8. The van der Waals surface area contributed by atoms with Crippen molar-refractivity contribution in [2.75, 3.05) is 19.7 Å². The molecule has 4 heteroatoms. The molecule has 0 aromatic heterocycles. The summed E-state index contributed by atoms with van der Waals surface area (Å²) in [5, 5.41) is 0. The van der Waals surface area contributed by atoms with E-state index >= 15 is 0 Å². The Morgan fingerprint density at radius 3 is 2.89 bits per heavy atom. The van der Waals surface area contributed by atoms with Crippen LogP contribution < -0.4 is 4.74 Å². The molecule has 146 valence electrons. The van der Waals surface area contributed by atoms with Gasteiger partial charge in [-0.05, 0) is 87.6 Å². The SMILES string of the molecule is CC(=O)Oc1ccc2c(c1)[C@]13CCN(CC4CC4)[C@H](C2)[C@@H]1CC(C)(C)OC3. The Morgan fingerprint density at radius 2 is 2.15 bits per heavy atom. The number of piperidine rings is 1. The third-order valence-corrected chi connectivity index (χ3v) is 7.42. The van der Waals surface area contributed by atoms with Crippen LogP contribution >= 0.6 is 0 Å². The van der Waals surface area contributed by atoms with E-state index in [4.69, 9.17) is 9.47 Å². The van der Waals surface area contributed by atoms with Crippen LogP contribution in [0.1, 0.15) is 57.6 Å². The highest BCUT2D eigenvalue weighted by Gasteiger charge is 2.57. The molecule has 3 fully saturated rings. The predicted molar refractivity (Wildman–Crippen MR) is 104 cm³/mol. The number of carbonyl (C=O) groups excluding carboxylic acids is 1. The average molecular weight is 370 g/mol. The van der Waals surface area contributed by atoms with E-state index in [1.807, 2.05) is 6.07 Å². The van der Waals surface area contributed by atoms with Gasteiger partial charge in [-0.2, -0.15) is 0 Å². The maximum atomic E-state index is 11.5. The van der Waals surface area contributed by atoms with Crippen molar-refractivity contribution in [2.24, 2.45) is 11.8 Å². The van der Waals surface area contributed by atoms with Crippen LogP contribution in [0.4, 0.5) is 0 Å². The average Bonchev–Trinajstić information content (AvgIpc) is 3.41. The van der Waals surface area contributed by atoms with E-state index in [-0.39, 0.29) is 17.0 Å². The Kier molecular flexibility index (Phi) is 3.97. The summed E-state index contributed by atoms with van der Waals surface area (Å²) in [6.07, 6.45) is 6.19. The summed E-state index contributed by atoms with van der Waals surface area (Å²) in [7, 11) is 0. The first-order valence-electron chi connectivity index (χ1n) is 10.6. The van der Waals surface area contributed by atoms with Gasteiger partial charge in [0.25, 0.3) is 0 Å². The molecule has 1 aromatic carbocycles. The van der Waals surface area contributed by atoms with Crippen molar-refractivity contribution in [3.8, 4) is 5.75 Å². The minimum absolute atomic E-state index is 0.0556. The number of benzene rings is 1. The molecule has 0 N–H and O–H groups in total. The van der Waals surface area contributed by atoms with Crippen LogP contribution in [0, 0.1) is 11.8 Å². The van der Waals surface area contributed by atoms with Crippen molar-refractivity contribution in [2.45, 2.75) is 69.9 Å². The lowest BCUT2D eigenvalue weighted by Gasteiger charge is -2.61. The maximum Gasteiger partial charge on any atom is 0.308 e. The second-order valence-electron chi connectivity index (χ2n) is 9.89. The highest BCUT2D eigenvalue weighted by molar-refractivity contribution is 5.69. The van der Waals surface area contributed by atoms with E-state index in [9.17, 15) is 4.79 Å². The molecule has 2 bridgehead atoms. The van der Waals surface area contributed by atoms with Gasteiger partial charge in [0.2, 0.25) is 0 Å². The number of fused-ring (bicyclic) bond motifs is 1. The first kappa shape index (κ1) is 17.7. The summed E-state index contributed by atoms with van der Waals surface area (Å²) in [6.45, 7) is 9.18. The highest BCUT2D eigenvalue weighted by atomic mass is 16.5. The Hall–Kier alpha value is -1.39. The molecule has 5 rings (SSSR count). The third-order valence-electron chi connectivity index (χ3n) is 7.42. The fraction of sp³-hybridized carbons (Fsp3) is 0.696. The zero-order valence-electron chi connectivity index (χ0n) is 16.8. The Bertz CT molecular complexity index is 769. The van der Waals surface area contributed by atoms with Gasteiger partial charge in [-0.25, -0.2) is 0 Å². The predicted octanol–water partition coefficient (Wildman–Crippen LogP) is 3.71. The molecule has 4 aliphatic rings. The van der Waals surface area contributed by atoms with Gasteiger partial charge in [0.15, 0.2) is 0 Å². The van der Waals surface area contributed by atoms with E-state index in [1.54, 1.807) is 0 Å². The van der Waals surface area contributed by atoms with Gasteiger partial charge in [0.05, 0.1) is 12.2 Å². The Balaban J connectivity index is 1.56. The lowest BCUT2D eigenvalue weighted by molar-refractivity contribution is -0.156. The molecule has 2 saturated heterocycles. The van der Waals surface area contributed by atoms with Crippen molar-refractivity contribution in [3.63, 3.8) is 0 Å². The van der Waals surface area contributed by atoms with Crippen molar-refractivity contribution in [1.82, 2.24) is 4.90 Å². The second kappa shape index (κ2) is 6.05. The summed E-state index contributed by atoms with van der Waals surface area (Å²) in [5.74, 6) is 1.97. The molecule has 4 nitrogen and oxygen atoms in total. The van der Waals surface area contributed by atoms with Gasteiger partial charge in [0, 0.05) is 24.9 Å². The fourth-order valence-electron chi connectivity index (χ4n) is 5.93. The first-order valence-corrected chi connectivity index (χ1v) is 10.6. The number of esters is 1. The molecule has 2 aliphatic carbocycles. The quantitative estimate of drug-likeness (QED) is 0.601. The molecular formula is C23H31NO3. The normalized spacial score (nSPS) is 34.5. The number of likely N-dealkylation sites (tertiary alicyclic amines) is 1. The minimum atomic E-state index is -0.252. The monoisotopic (exact) mass is 369 g/mol. The molecule has 0 amide bonds. The van der Waals surface area contributed by atoms with Gasteiger partial charge >= 0.3 is 5.97 Å². The van der Waals surface area contributed by atoms with Gasteiger partial charge in [-0.3, -0.25) is 9.69 Å². The van der Waals surface area contributed by atoms with Crippen molar-refractivity contribution >= 4 is 5.97 Å². The summed E-state index contributed by atoms with van der Waals surface area (Å²) in [4.78, 5) is 14.3. The summed E-state index contributed by atoms with van der Waals surface area (Å²) in [5.41, 5.74) is 2.82. The number of hydrogen-bond acceptors (Lipinski definition) is 4. The molecule has 0 radical (unpaired) electrons. The molecule has 1 aromatic rings. The Morgan fingerprint density at radius 1 is 1.33 bits per heavy atom. The lowest BCUT2D eigenvalue weighted by atomic mass is 9.54. The molecule has 27 heavy (non-hydrogen) atoms. The van der Waals surface area contributed by atoms with Gasteiger partial charge in [-0.1, -0.05) is 6.07 Å². The molecule has 1 saturated carbocycles. The van der Waals surface area contributed by atoms with E-state index < -0.39 is 0 Å². The third kappa shape index (κ3) is 3.01. The van der Waals surface area contributed by atoms with Crippen molar-refractivity contribution in [1.29, 1.82) is 0 Å². The largest absolute Gasteiger partial charge is 0.427 e. The van der Waals surface area contributed by atoms with Crippen LogP contribution in [-0.2, 0) is 21.4 Å². The van der Waals surface area contributed by atoms with E-state index in [0.29, 0.717) is 17.7 Å². The topological polar surface area (TPSA) is 38.8 Å². The van der Waals surface area contributed by atoms with E-state index in [2.05, 4.69) is 30.9 Å². The molecule has 2 heterocycles. The van der Waals surface area contributed by atoms with Crippen LogP contribution in [0.2, 0.25) is 0 Å². The Labute approximate surface area is 162 Å². The van der Waals surface area contributed by atoms with E-state index in [1.165, 1.54) is 44.0 Å². The van der Waals surface area contributed by atoms with Crippen LogP contribution in [0.5, 0.6) is 5.75 Å². The number of nitrogens with zero attached hydrogens (tertiary/aromatic N) is 1. The summed E-state index contributed by atoms with van der Waals surface area (Å²) < 4.78 is 11.8. The maximum absolute atomic E-state index is 11.5. The molecule has 0 unspecified atom stereocenters. The van der Waals surface area contributed by atoms with E-state index in [0.717, 1.165) is 31.8 Å². The van der Waals surface area contributed by atoms with Crippen LogP contribution in [0.15, 0.2) is 18.2 Å². The number of hydrogen-bond donors (Lipinski definition) is 0. The lowest BCUT2D eigenvalue weighted by Crippen LogP contribution is -2.65. The summed E-state index contributed by atoms with van der Waals surface area (Å²) >= 11 is 0. The van der Waals surface area contributed by atoms with Crippen molar-refractivity contribution in [3.05, 3.63) is 29.3 Å².